The second-order valence-electron chi connectivity index (χ2n) is 2.31. The molecule has 1 amide bonds. The lowest BCUT2D eigenvalue weighted by Crippen LogP contribution is -2.41. The Hall–Kier alpha value is -0.610. The maximum atomic E-state index is 11.3. The molecule has 1 unspecified atom stereocenters. The molecule has 0 aromatic carbocycles. The van der Waals surface area contributed by atoms with E-state index < -0.39 is 6.10 Å². The lowest BCUT2D eigenvalue weighted by Gasteiger charge is -2.19. The number of likely N-dealkylation sites (N-methyl/N-ethyl adjacent to an activating group) is 1. The number of hydrogen-bond acceptors (Lipinski definition) is 3. The molecule has 4 heteroatoms. The molecule has 0 radical (unpaired) electrons. The number of ether oxygens (including phenoxy) is 1. The number of carbonyl (C=O) groups excluding carboxylic acids is 1. The summed E-state index contributed by atoms with van der Waals surface area (Å²) in [4.78, 5) is 12.8. The third-order valence-corrected chi connectivity index (χ3v) is 1.62. The Bertz CT molecular complexity index is 124. The summed E-state index contributed by atoms with van der Waals surface area (Å²) in [6.45, 7) is 2.82. The van der Waals surface area contributed by atoms with Crippen molar-refractivity contribution >= 4 is 5.91 Å². The molecule has 11 heavy (non-hydrogen) atoms. The molecule has 0 saturated carbocycles. The second-order valence-corrected chi connectivity index (χ2v) is 2.31. The molecule has 2 N–H and O–H groups in total. The van der Waals surface area contributed by atoms with Crippen molar-refractivity contribution in [2.45, 2.75) is 13.0 Å². The molecular formula is C7H16N2O2. The minimum absolute atomic E-state index is 0.0579. The zero-order valence-corrected chi connectivity index (χ0v) is 7.33. The van der Waals surface area contributed by atoms with Gasteiger partial charge in [-0.15, -0.1) is 0 Å². The molecule has 0 heterocycles. The Morgan fingerprint density at radius 2 is 2.27 bits per heavy atom. The van der Waals surface area contributed by atoms with Gasteiger partial charge in [0.25, 0.3) is 5.91 Å². The number of nitrogens with two attached hydrogens (primary N) is 1. The third-order valence-electron chi connectivity index (χ3n) is 1.62. The predicted molar refractivity (Wildman–Crippen MR) is 43.2 cm³/mol. The van der Waals surface area contributed by atoms with Gasteiger partial charge in [-0.3, -0.25) is 4.79 Å². The topological polar surface area (TPSA) is 55.6 Å². The van der Waals surface area contributed by atoms with Gasteiger partial charge in [0.2, 0.25) is 0 Å². The van der Waals surface area contributed by atoms with Gasteiger partial charge in [-0.1, -0.05) is 0 Å². The zero-order chi connectivity index (χ0) is 8.85. The molecular weight excluding hydrogens is 144 g/mol. The van der Waals surface area contributed by atoms with Crippen LogP contribution in [0.4, 0.5) is 0 Å². The van der Waals surface area contributed by atoms with Crippen LogP contribution in [0, 0.1) is 0 Å². The van der Waals surface area contributed by atoms with Gasteiger partial charge >= 0.3 is 0 Å². The van der Waals surface area contributed by atoms with Crippen molar-refractivity contribution in [2.75, 3.05) is 27.2 Å². The van der Waals surface area contributed by atoms with Crippen LogP contribution in [0.25, 0.3) is 0 Å². The lowest BCUT2D eigenvalue weighted by atomic mass is 10.3. The first kappa shape index (κ1) is 10.4. The first-order valence-electron chi connectivity index (χ1n) is 3.65. The Labute approximate surface area is 67.3 Å². The largest absolute Gasteiger partial charge is 0.370 e. The van der Waals surface area contributed by atoms with Crippen molar-refractivity contribution in [3.05, 3.63) is 0 Å². The van der Waals surface area contributed by atoms with E-state index in [1.807, 2.05) is 6.92 Å². The molecule has 66 valence electrons. The van der Waals surface area contributed by atoms with Gasteiger partial charge in [0.05, 0.1) is 0 Å². The van der Waals surface area contributed by atoms with Crippen LogP contribution in [0.3, 0.4) is 0 Å². The highest BCUT2D eigenvalue weighted by Crippen LogP contribution is 1.93. The Kier molecular flexibility index (Phi) is 4.81. The Morgan fingerprint density at radius 3 is 2.55 bits per heavy atom. The Balaban J connectivity index is 3.97. The standard InChI is InChI=1S/C7H16N2O2/c1-4-9(2)7(10)6(5-8)11-3/h6H,4-5,8H2,1-3H3. The number of nitrogens with zero attached hydrogens (tertiary/aromatic N) is 1. The summed E-state index contributed by atoms with van der Waals surface area (Å²) in [5, 5.41) is 0. The van der Waals surface area contributed by atoms with Crippen LogP contribution >= 0.6 is 0 Å². The Morgan fingerprint density at radius 1 is 1.73 bits per heavy atom. The number of hydrogen-bond donors (Lipinski definition) is 1. The zero-order valence-electron chi connectivity index (χ0n) is 7.33. The fourth-order valence-electron chi connectivity index (χ4n) is 0.700. The molecule has 0 spiro atoms. The van der Waals surface area contributed by atoms with Crippen molar-refractivity contribution in [1.82, 2.24) is 4.90 Å². The molecule has 0 aromatic rings. The molecule has 0 saturated heterocycles. The van der Waals surface area contributed by atoms with Crippen molar-refractivity contribution < 1.29 is 9.53 Å². The number of rotatable bonds is 4. The summed E-state index contributed by atoms with van der Waals surface area (Å²) in [6, 6.07) is 0. The predicted octanol–water partition coefficient (Wildman–Crippen LogP) is -0.562. The van der Waals surface area contributed by atoms with E-state index in [4.69, 9.17) is 10.5 Å². The molecule has 0 aliphatic carbocycles. The third kappa shape index (κ3) is 2.86. The quantitative estimate of drug-likeness (QED) is 0.599. The van der Waals surface area contributed by atoms with E-state index in [1.165, 1.54) is 7.11 Å². The highest BCUT2D eigenvalue weighted by Gasteiger charge is 2.18. The fraction of sp³-hybridized carbons (Fsp3) is 0.857. The van der Waals surface area contributed by atoms with Gasteiger partial charge < -0.3 is 15.4 Å². The molecule has 0 aliphatic heterocycles. The van der Waals surface area contributed by atoms with E-state index in [2.05, 4.69) is 0 Å². The first-order chi connectivity index (χ1) is 5.17. The molecule has 1 atom stereocenters. The molecule has 0 fully saturated rings. The van der Waals surface area contributed by atoms with E-state index in [1.54, 1.807) is 11.9 Å². The van der Waals surface area contributed by atoms with Crippen LogP contribution in [-0.2, 0) is 9.53 Å². The molecule has 0 bridgehead atoms. The summed E-state index contributed by atoms with van der Waals surface area (Å²) in [5.41, 5.74) is 5.30. The SMILES string of the molecule is CCN(C)C(=O)C(CN)OC. The van der Waals surface area contributed by atoms with Crippen LogP contribution in [0.1, 0.15) is 6.92 Å². The van der Waals surface area contributed by atoms with Crippen molar-refractivity contribution in [2.24, 2.45) is 5.73 Å². The summed E-state index contributed by atoms with van der Waals surface area (Å²) in [6.07, 6.45) is -0.486. The van der Waals surface area contributed by atoms with Gasteiger partial charge in [0.15, 0.2) is 0 Å². The maximum absolute atomic E-state index is 11.3. The van der Waals surface area contributed by atoms with Gasteiger partial charge in [0, 0.05) is 27.2 Å². The van der Waals surface area contributed by atoms with Gasteiger partial charge in [-0.25, -0.2) is 0 Å². The van der Waals surface area contributed by atoms with Crippen LogP contribution in [0.5, 0.6) is 0 Å². The van der Waals surface area contributed by atoms with E-state index in [9.17, 15) is 4.79 Å². The molecule has 0 aliphatic rings. The van der Waals surface area contributed by atoms with Crippen molar-refractivity contribution in [1.29, 1.82) is 0 Å². The summed E-state index contributed by atoms with van der Waals surface area (Å²) >= 11 is 0. The summed E-state index contributed by atoms with van der Waals surface area (Å²) in [5.74, 6) is -0.0579. The first-order valence-corrected chi connectivity index (χ1v) is 3.65. The number of methoxy groups -OCH3 is 1. The second kappa shape index (κ2) is 5.09. The van der Waals surface area contributed by atoms with Gasteiger partial charge in [-0.2, -0.15) is 0 Å². The van der Waals surface area contributed by atoms with E-state index in [0.717, 1.165) is 0 Å². The molecule has 0 rings (SSSR count). The van der Waals surface area contributed by atoms with E-state index >= 15 is 0 Å². The summed E-state index contributed by atoms with van der Waals surface area (Å²) in [7, 11) is 3.21. The average Bonchev–Trinajstić information content (AvgIpc) is 2.05. The van der Waals surface area contributed by atoms with Gasteiger partial charge in [-0.05, 0) is 6.92 Å². The lowest BCUT2D eigenvalue weighted by molar-refractivity contribution is -0.139. The van der Waals surface area contributed by atoms with E-state index in [-0.39, 0.29) is 12.5 Å². The van der Waals surface area contributed by atoms with Crippen molar-refractivity contribution in [3.63, 3.8) is 0 Å². The fourth-order valence-corrected chi connectivity index (χ4v) is 0.700. The smallest absolute Gasteiger partial charge is 0.252 e. The highest BCUT2D eigenvalue weighted by molar-refractivity contribution is 5.80. The van der Waals surface area contributed by atoms with Crippen molar-refractivity contribution in [3.8, 4) is 0 Å². The monoisotopic (exact) mass is 160 g/mol. The van der Waals surface area contributed by atoms with Gasteiger partial charge in [0.1, 0.15) is 6.10 Å². The molecule has 4 nitrogen and oxygen atoms in total. The van der Waals surface area contributed by atoms with Crippen LogP contribution in [-0.4, -0.2) is 44.2 Å². The average molecular weight is 160 g/mol. The molecule has 0 aromatic heterocycles. The van der Waals surface area contributed by atoms with Crippen LogP contribution in [0.2, 0.25) is 0 Å². The summed E-state index contributed by atoms with van der Waals surface area (Å²) < 4.78 is 4.87. The number of carbonyl (C=O) groups is 1. The highest BCUT2D eigenvalue weighted by atomic mass is 16.5. The normalized spacial score (nSPS) is 12.7. The minimum Gasteiger partial charge on any atom is -0.370 e. The van der Waals surface area contributed by atoms with Crippen LogP contribution < -0.4 is 5.73 Å². The van der Waals surface area contributed by atoms with Crippen LogP contribution in [0.15, 0.2) is 0 Å². The van der Waals surface area contributed by atoms with E-state index in [0.29, 0.717) is 6.54 Å². The maximum Gasteiger partial charge on any atom is 0.252 e. The number of amides is 1. The minimum atomic E-state index is -0.486.